The van der Waals surface area contributed by atoms with Gasteiger partial charge in [-0.25, -0.2) is 9.69 Å². The summed E-state index contributed by atoms with van der Waals surface area (Å²) in [6.45, 7) is 2.56. The van der Waals surface area contributed by atoms with E-state index < -0.39 is 23.9 Å². The van der Waals surface area contributed by atoms with Gasteiger partial charge in [-0.05, 0) is 61.0 Å². The topological polar surface area (TPSA) is 97.4 Å². The monoisotopic (exact) mass is 503 g/mol. The second-order valence-corrected chi connectivity index (χ2v) is 8.36. The van der Waals surface area contributed by atoms with Crippen LogP contribution < -0.4 is 24.4 Å². The minimum absolute atomic E-state index is 0.128. The molecule has 0 aliphatic carbocycles. The number of carbonyl (C=O) groups excluding carboxylic acids is 3. The first-order chi connectivity index (χ1) is 17.9. The largest absolute Gasteiger partial charge is 0.497 e. The van der Waals surface area contributed by atoms with Gasteiger partial charge in [0.15, 0.2) is 0 Å². The minimum Gasteiger partial charge on any atom is -0.497 e. The van der Waals surface area contributed by atoms with Crippen molar-refractivity contribution in [3.63, 3.8) is 0 Å². The van der Waals surface area contributed by atoms with Crippen LogP contribution in [0, 0.1) is 0 Å². The molecule has 1 aliphatic rings. The SMILES string of the molecule is CCOc1ccc(NC(=O)C[C@H]2C(=O)N(c3cccc(OC)c3)C(=O)N2Cc2cccc(OC)c2)cc1. The van der Waals surface area contributed by atoms with Gasteiger partial charge >= 0.3 is 6.03 Å². The van der Waals surface area contributed by atoms with Crippen LogP contribution in [0.5, 0.6) is 17.2 Å². The van der Waals surface area contributed by atoms with E-state index in [0.29, 0.717) is 35.2 Å². The molecule has 192 valence electrons. The van der Waals surface area contributed by atoms with Crippen LogP contribution >= 0.6 is 0 Å². The number of amides is 4. The van der Waals surface area contributed by atoms with Crippen molar-refractivity contribution in [2.24, 2.45) is 0 Å². The average molecular weight is 504 g/mol. The van der Waals surface area contributed by atoms with Crippen LogP contribution in [0.2, 0.25) is 0 Å². The Hall–Kier alpha value is -4.53. The summed E-state index contributed by atoms with van der Waals surface area (Å²) >= 11 is 0. The maximum Gasteiger partial charge on any atom is 0.332 e. The molecule has 0 spiro atoms. The molecule has 0 bridgehead atoms. The average Bonchev–Trinajstić information content (AvgIpc) is 3.13. The maximum atomic E-state index is 13.5. The molecule has 3 aromatic rings. The smallest absolute Gasteiger partial charge is 0.332 e. The minimum atomic E-state index is -0.993. The van der Waals surface area contributed by atoms with Gasteiger partial charge < -0.3 is 24.4 Å². The Balaban J connectivity index is 1.59. The number of hydrogen-bond donors (Lipinski definition) is 1. The first-order valence-corrected chi connectivity index (χ1v) is 11.9. The highest BCUT2D eigenvalue weighted by Gasteiger charge is 2.46. The van der Waals surface area contributed by atoms with Gasteiger partial charge in [0.05, 0.1) is 32.9 Å². The summed E-state index contributed by atoms with van der Waals surface area (Å²) in [4.78, 5) is 42.6. The molecule has 1 aliphatic heterocycles. The number of nitrogens with one attached hydrogen (secondary N) is 1. The molecule has 0 radical (unpaired) electrons. The Morgan fingerprint density at radius 2 is 1.57 bits per heavy atom. The quantitative estimate of drug-likeness (QED) is 0.410. The third-order valence-corrected chi connectivity index (χ3v) is 5.95. The van der Waals surface area contributed by atoms with Crippen LogP contribution in [0.4, 0.5) is 16.2 Å². The molecule has 9 heteroatoms. The lowest BCUT2D eigenvalue weighted by molar-refractivity contribution is -0.124. The molecule has 0 saturated carbocycles. The Morgan fingerprint density at radius 1 is 0.892 bits per heavy atom. The highest BCUT2D eigenvalue weighted by Crippen LogP contribution is 2.31. The Morgan fingerprint density at radius 3 is 2.24 bits per heavy atom. The van der Waals surface area contributed by atoms with Gasteiger partial charge in [-0.3, -0.25) is 9.59 Å². The molecule has 0 unspecified atom stereocenters. The molecule has 1 atom stereocenters. The normalized spacial score (nSPS) is 15.1. The number of rotatable bonds is 10. The lowest BCUT2D eigenvalue weighted by Crippen LogP contribution is -2.37. The number of benzene rings is 3. The number of methoxy groups -OCH3 is 2. The molecule has 4 amide bonds. The Labute approximate surface area is 215 Å². The molecular formula is C28H29N3O6. The molecule has 1 heterocycles. The van der Waals surface area contributed by atoms with Crippen molar-refractivity contribution in [1.29, 1.82) is 0 Å². The van der Waals surface area contributed by atoms with Crippen LogP contribution in [-0.4, -0.2) is 49.6 Å². The maximum absolute atomic E-state index is 13.5. The highest BCUT2D eigenvalue weighted by molar-refractivity contribution is 6.22. The first-order valence-electron chi connectivity index (χ1n) is 11.9. The van der Waals surface area contributed by atoms with E-state index in [0.717, 1.165) is 10.5 Å². The van der Waals surface area contributed by atoms with Crippen molar-refractivity contribution in [2.45, 2.75) is 25.9 Å². The van der Waals surface area contributed by atoms with Gasteiger partial charge in [-0.2, -0.15) is 0 Å². The van der Waals surface area contributed by atoms with Crippen molar-refractivity contribution in [3.8, 4) is 17.2 Å². The zero-order valence-electron chi connectivity index (χ0n) is 21.0. The van der Waals surface area contributed by atoms with E-state index in [9.17, 15) is 14.4 Å². The predicted molar refractivity (Wildman–Crippen MR) is 139 cm³/mol. The van der Waals surface area contributed by atoms with Gasteiger partial charge in [-0.1, -0.05) is 18.2 Å². The number of urea groups is 1. The zero-order valence-corrected chi connectivity index (χ0v) is 21.0. The predicted octanol–water partition coefficient (Wildman–Crippen LogP) is 4.47. The molecular weight excluding hydrogens is 474 g/mol. The standard InChI is InChI=1S/C28H29N3O6/c1-4-37-22-13-11-20(12-14-22)29-26(32)17-25-27(33)31(21-8-6-10-24(16-21)36-3)28(34)30(25)18-19-7-5-9-23(15-19)35-2/h5-16,25H,4,17-18H2,1-3H3,(H,29,32)/t25-/m0/s1. The number of imide groups is 1. The van der Waals surface area contributed by atoms with E-state index in [-0.39, 0.29) is 13.0 Å². The van der Waals surface area contributed by atoms with E-state index in [2.05, 4.69) is 5.32 Å². The van der Waals surface area contributed by atoms with Gasteiger partial charge in [0.2, 0.25) is 5.91 Å². The number of nitrogens with zero attached hydrogens (tertiary/aromatic N) is 2. The van der Waals surface area contributed by atoms with E-state index in [4.69, 9.17) is 14.2 Å². The number of hydrogen-bond acceptors (Lipinski definition) is 6. The molecule has 3 aromatic carbocycles. The molecule has 9 nitrogen and oxygen atoms in total. The van der Waals surface area contributed by atoms with Crippen molar-refractivity contribution < 1.29 is 28.6 Å². The lowest BCUT2D eigenvalue weighted by atomic mass is 10.1. The summed E-state index contributed by atoms with van der Waals surface area (Å²) in [6.07, 6.45) is -0.206. The number of ether oxygens (including phenoxy) is 3. The number of carbonyl (C=O) groups is 3. The summed E-state index contributed by atoms with van der Waals surface area (Å²) in [5, 5.41) is 2.81. The first kappa shape index (κ1) is 25.6. The summed E-state index contributed by atoms with van der Waals surface area (Å²) < 4.78 is 16.0. The van der Waals surface area contributed by atoms with Crippen molar-refractivity contribution in [3.05, 3.63) is 78.4 Å². The Kier molecular flexibility index (Phi) is 7.92. The molecule has 1 N–H and O–H groups in total. The summed E-state index contributed by atoms with van der Waals surface area (Å²) in [7, 11) is 3.07. The summed E-state index contributed by atoms with van der Waals surface area (Å²) in [5.74, 6) is 0.955. The summed E-state index contributed by atoms with van der Waals surface area (Å²) in [6, 6.07) is 19.4. The second-order valence-electron chi connectivity index (χ2n) is 8.36. The molecule has 0 aromatic heterocycles. The van der Waals surface area contributed by atoms with E-state index in [1.54, 1.807) is 67.8 Å². The second kappa shape index (κ2) is 11.5. The fraction of sp³-hybridized carbons (Fsp3) is 0.250. The van der Waals surface area contributed by atoms with Gasteiger partial charge in [0.1, 0.15) is 23.3 Å². The molecule has 4 rings (SSSR count). The fourth-order valence-electron chi connectivity index (χ4n) is 4.16. The van der Waals surface area contributed by atoms with E-state index in [1.165, 1.54) is 12.0 Å². The molecule has 37 heavy (non-hydrogen) atoms. The third kappa shape index (κ3) is 5.83. The van der Waals surface area contributed by atoms with Gasteiger partial charge in [0.25, 0.3) is 5.91 Å². The van der Waals surface area contributed by atoms with Crippen molar-refractivity contribution in [2.75, 3.05) is 31.0 Å². The molecule has 1 saturated heterocycles. The van der Waals surface area contributed by atoms with E-state index >= 15 is 0 Å². The van der Waals surface area contributed by atoms with Crippen LogP contribution in [0.15, 0.2) is 72.8 Å². The van der Waals surface area contributed by atoms with Crippen LogP contribution in [0.25, 0.3) is 0 Å². The van der Waals surface area contributed by atoms with Gasteiger partial charge in [0, 0.05) is 18.3 Å². The van der Waals surface area contributed by atoms with Gasteiger partial charge in [-0.15, -0.1) is 0 Å². The fourth-order valence-corrected chi connectivity index (χ4v) is 4.16. The number of anilines is 2. The molecule has 1 fully saturated rings. The van der Waals surface area contributed by atoms with Crippen molar-refractivity contribution >= 4 is 29.2 Å². The summed E-state index contributed by atoms with van der Waals surface area (Å²) in [5.41, 5.74) is 1.71. The van der Waals surface area contributed by atoms with Crippen LogP contribution in [-0.2, 0) is 16.1 Å². The third-order valence-electron chi connectivity index (χ3n) is 5.95. The van der Waals surface area contributed by atoms with Crippen LogP contribution in [0.3, 0.4) is 0 Å². The highest BCUT2D eigenvalue weighted by atomic mass is 16.5. The zero-order chi connectivity index (χ0) is 26.4. The van der Waals surface area contributed by atoms with Crippen molar-refractivity contribution in [1.82, 2.24) is 4.90 Å². The van der Waals surface area contributed by atoms with Crippen LogP contribution in [0.1, 0.15) is 18.9 Å². The Bertz CT molecular complexity index is 1280. The van der Waals surface area contributed by atoms with E-state index in [1.807, 2.05) is 19.1 Å². The lowest BCUT2D eigenvalue weighted by Gasteiger charge is -2.22.